The number of nitrogens with zero attached hydrogens (tertiary/aromatic N) is 1. The highest BCUT2D eigenvalue weighted by molar-refractivity contribution is 7.76. The van der Waals surface area contributed by atoms with Gasteiger partial charge in [0.25, 0.3) is 0 Å². The van der Waals surface area contributed by atoms with E-state index in [1.807, 2.05) is 6.07 Å². The van der Waals surface area contributed by atoms with Gasteiger partial charge in [0.05, 0.1) is 0 Å². The van der Waals surface area contributed by atoms with Crippen LogP contribution in [-0.4, -0.2) is 12.3 Å². The quantitative estimate of drug-likeness (QED) is 0.553. The maximum atomic E-state index is 5.90. The summed E-state index contributed by atoms with van der Waals surface area (Å²) in [6, 6.07) is 8.89. The van der Waals surface area contributed by atoms with Crippen LogP contribution in [0.1, 0.15) is 0 Å². The molecule has 0 aromatic heterocycles. The molecule has 1 nitrogen and oxygen atoms in total. The Morgan fingerprint density at radius 3 is 1.47 bits per heavy atom. The fraction of sp³-hybridized carbons (Fsp3) is 0. The molecule has 1 rings (SSSR count). The van der Waals surface area contributed by atoms with Gasteiger partial charge in [-0.15, -0.1) is 66.5 Å². The van der Waals surface area contributed by atoms with E-state index in [1.165, 1.54) is 4.23 Å². The van der Waals surface area contributed by atoms with Gasteiger partial charge >= 0.3 is 12.3 Å². The molecule has 0 amide bonds. The van der Waals surface area contributed by atoms with Crippen LogP contribution in [0.5, 0.6) is 0 Å². The lowest BCUT2D eigenvalue weighted by Crippen LogP contribution is -2.52. The molecule has 0 heterocycles. The van der Waals surface area contributed by atoms with Crippen molar-refractivity contribution in [2.45, 2.75) is 0 Å². The Hall–Kier alpha value is 1.19. The van der Waals surface area contributed by atoms with Gasteiger partial charge in [-0.05, 0) is 12.1 Å². The number of hydrogen-bond donors (Lipinski definition) is 0. The van der Waals surface area contributed by atoms with E-state index in [4.69, 9.17) is 66.5 Å². The zero-order valence-corrected chi connectivity index (χ0v) is 13.6. The van der Waals surface area contributed by atoms with Gasteiger partial charge in [0.1, 0.15) is 0 Å². The van der Waals surface area contributed by atoms with Crippen LogP contribution in [0.4, 0.5) is 5.69 Å². The number of benzene rings is 1. The van der Waals surface area contributed by atoms with Crippen LogP contribution >= 0.6 is 66.5 Å². The first kappa shape index (κ1) is 14.3. The lowest BCUT2D eigenvalue weighted by atomic mass is 10.3. The standard InChI is InChI=1S/C6H5Cl6NSi2/c7-14(8,9)13(15(10,11)12)6-4-2-1-3-5-6/h1-5H. The number of rotatable bonds is 3. The predicted octanol–water partition coefficient (Wildman–Crippen LogP) is 4.80. The number of halogens is 6. The Morgan fingerprint density at radius 1 is 0.733 bits per heavy atom. The molecular formula is C6H5Cl6NSi2. The molecule has 0 radical (unpaired) electrons. The second kappa shape index (κ2) is 5.23. The average Bonchev–Trinajstić information content (AvgIpc) is 2.00. The summed E-state index contributed by atoms with van der Waals surface area (Å²) in [5.74, 6) is 0. The molecule has 0 saturated carbocycles. The van der Waals surface area contributed by atoms with E-state index in [0.29, 0.717) is 5.69 Å². The summed E-state index contributed by atoms with van der Waals surface area (Å²) in [4.78, 5) is 0. The monoisotopic (exact) mass is 357 g/mol. The largest absolute Gasteiger partial charge is 0.449 e. The second-order valence-corrected chi connectivity index (χ2v) is 19.1. The zero-order chi connectivity index (χ0) is 11.7. The first-order valence-corrected chi connectivity index (χ1v) is 13.7. The summed E-state index contributed by atoms with van der Waals surface area (Å²) in [6.45, 7) is 0. The molecule has 0 fully saturated rings. The van der Waals surface area contributed by atoms with Gasteiger partial charge in [-0.25, -0.2) is 0 Å². The number of anilines is 1. The Kier molecular flexibility index (Phi) is 4.97. The van der Waals surface area contributed by atoms with Crippen molar-refractivity contribution < 1.29 is 0 Å². The Labute approximate surface area is 118 Å². The summed E-state index contributed by atoms with van der Waals surface area (Å²) in [5.41, 5.74) is 0.621. The summed E-state index contributed by atoms with van der Waals surface area (Å²) in [6.07, 6.45) is -6.49. The molecular weight excluding hydrogens is 355 g/mol. The first-order valence-electron chi connectivity index (χ1n) is 3.72. The van der Waals surface area contributed by atoms with E-state index in [-0.39, 0.29) is 0 Å². The van der Waals surface area contributed by atoms with Crippen LogP contribution in [-0.2, 0) is 0 Å². The normalized spacial score (nSPS) is 12.7. The molecule has 0 spiro atoms. The van der Waals surface area contributed by atoms with Crippen molar-refractivity contribution in [1.29, 1.82) is 0 Å². The molecule has 0 aliphatic rings. The molecule has 0 saturated heterocycles. The second-order valence-electron chi connectivity index (χ2n) is 2.61. The topological polar surface area (TPSA) is 3.24 Å². The van der Waals surface area contributed by atoms with Crippen LogP contribution in [0, 0.1) is 0 Å². The summed E-state index contributed by atoms with van der Waals surface area (Å²) in [7, 11) is 0. The predicted molar refractivity (Wildman–Crippen MR) is 75.5 cm³/mol. The Morgan fingerprint density at radius 2 is 1.13 bits per heavy atom. The van der Waals surface area contributed by atoms with Crippen molar-refractivity contribution in [3.8, 4) is 0 Å². The lowest BCUT2D eigenvalue weighted by molar-refractivity contribution is 1.54. The van der Waals surface area contributed by atoms with Crippen molar-refractivity contribution in [3.63, 3.8) is 0 Å². The fourth-order valence-electron chi connectivity index (χ4n) is 1.01. The molecule has 0 unspecified atom stereocenters. The third kappa shape index (κ3) is 4.17. The third-order valence-electron chi connectivity index (χ3n) is 1.52. The van der Waals surface area contributed by atoms with E-state index in [1.54, 1.807) is 24.3 Å². The van der Waals surface area contributed by atoms with Gasteiger partial charge in [0.2, 0.25) is 0 Å². The summed E-state index contributed by atoms with van der Waals surface area (Å²) < 4.78 is 1.33. The van der Waals surface area contributed by atoms with Crippen molar-refractivity contribution in [3.05, 3.63) is 30.3 Å². The van der Waals surface area contributed by atoms with E-state index < -0.39 is 12.3 Å². The maximum Gasteiger partial charge on any atom is 0.449 e. The SMILES string of the molecule is Cl[Si](Cl)(Cl)N(c1ccccc1)[Si](Cl)(Cl)Cl. The lowest BCUT2D eigenvalue weighted by Gasteiger charge is -2.34. The molecule has 0 aliphatic heterocycles. The third-order valence-corrected chi connectivity index (χ3v) is 10.7. The first-order chi connectivity index (χ1) is 6.73. The van der Waals surface area contributed by atoms with Crippen LogP contribution in [0.15, 0.2) is 30.3 Å². The minimum Gasteiger partial charge on any atom is -0.353 e. The Bertz CT molecular complexity index is 307. The van der Waals surface area contributed by atoms with Gasteiger partial charge in [-0.3, -0.25) is 0 Å². The van der Waals surface area contributed by atoms with Crippen LogP contribution < -0.4 is 4.23 Å². The van der Waals surface area contributed by atoms with E-state index >= 15 is 0 Å². The van der Waals surface area contributed by atoms with Crippen LogP contribution in [0.25, 0.3) is 0 Å². The van der Waals surface area contributed by atoms with Gasteiger partial charge < -0.3 is 4.23 Å². The molecule has 1 aromatic rings. The average molecular weight is 360 g/mol. The minimum absolute atomic E-state index is 0.621. The highest BCUT2D eigenvalue weighted by Gasteiger charge is 2.49. The van der Waals surface area contributed by atoms with E-state index in [0.717, 1.165) is 0 Å². The van der Waals surface area contributed by atoms with E-state index in [2.05, 4.69) is 0 Å². The van der Waals surface area contributed by atoms with Crippen molar-refractivity contribution in [2.75, 3.05) is 4.23 Å². The van der Waals surface area contributed by atoms with Crippen molar-refractivity contribution >= 4 is 84.5 Å². The molecule has 1 aromatic carbocycles. The molecule has 0 aliphatic carbocycles. The maximum absolute atomic E-state index is 5.90. The summed E-state index contributed by atoms with van der Waals surface area (Å²) in [5, 5.41) is 0. The molecule has 84 valence electrons. The van der Waals surface area contributed by atoms with Crippen LogP contribution in [0.2, 0.25) is 0 Å². The smallest absolute Gasteiger partial charge is 0.353 e. The molecule has 0 atom stereocenters. The number of hydrogen-bond acceptors (Lipinski definition) is 1. The van der Waals surface area contributed by atoms with Gasteiger partial charge in [0, 0.05) is 5.69 Å². The van der Waals surface area contributed by atoms with Crippen LogP contribution in [0.3, 0.4) is 0 Å². The fourth-order valence-corrected chi connectivity index (χ4v) is 15.2. The minimum atomic E-state index is -3.25. The molecule has 0 N–H and O–H groups in total. The van der Waals surface area contributed by atoms with Gasteiger partial charge in [-0.1, -0.05) is 18.2 Å². The summed E-state index contributed by atoms with van der Waals surface area (Å²) >= 11 is 35.4. The zero-order valence-electron chi connectivity index (χ0n) is 7.10. The molecule has 0 bridgehead atoms. The highest BCUT2D eigenvalue weighted by Crippen LogP contribution is 2.40. The molecule has 15 heavy (non-hydrogen) atoms. The Balaban J connectivity index is 3.15. The van der Waals surface area contributed by atoms with Crippen molar-refractivity contribution in [2.24, 2.45) is 0 Å². The molecule has 9 heteroatoms. The number of para-hydroxylation sites is 1. The van der Waals surface area contributed by atoms with Gasteiger partial charge in [0.15, 0.2) is 0 Å². The van der Waals surface area contributed by atoms with Crippen molar-refractivity contribution in [1.82, 2.24) is 0 Å². The van der Waals surface area contributed by atoms with E-state index in [9.17, 15) is 0 Å². The van der Waals surface area contributed by atoms with Gasteiger partial charge in [-0.2, -0.15) is 0 Å². The highest BCUT2D eigenvalue weighted by atomic mass is 35.8.